The van der Waals surface area contributed by atoms with Crippen molar-refractivity contribution in [2.45, 2.75) is 13.0 Å². The SMILES string of the molecule is COc1ccc(Cl)cc1CNCCCN(C)C.Cl.Cl. The van der Waals surface area contributed by atoms with Crippen molar-refractivity contribution >= 4 is 36.4 Å². The Kier molecular flexibility index (Phi) is 12.9. The molecule has 0 aliphatic rings. The molecule has 0 heterocycles. The van der Waals surface area contributed by atoms with Crippen LogP contribution in [0.25, 0.3) is 0 Å². The summed E-state index contributed by atoms with van der Waals surface area (Å²) in [6.07, 6.45) is 1.13. The van der Waals surface area contributed by atoms with Gasteiger partial charge in [-0.3, -0.25) is 0 Å². The third-order valence-electron chi connectivity index (χ3n) is 2.52. The molecule has 0 amide bonds. The van der Waals surface area contributed by atoms with Crippen LogP contribution in [0, 0.1) is 0 Å². The summed E-state index contributed by atoms with van der Waals surface area (Å²) in [6.45, 7) is 2.88. The number of halogens is 3. The number of rotatable bonds is 7. The van der Waals surface area contributed by atoms with Crippen molar-refractivity contribution in [1.29, 1.82) is 0 Å². The number of methoxy groups -OCH3 is 1. The van der Waals surface area contributed by atoms with Gasteiger partial charge in [0.15, 0.2) is 0 Å². The molecule has 6 heteroatoms. The summed E-state index contributed by atoms with van der Waals surface area (Å²) in [5.41, 5.74) is 1.10. The fourth-order valence-corrected chi connectivity index (χ4v) is 1.82. The molecule has 3 nitrogen and oxygen atoms in total. The van der Waals surface area contributed by atoms with Crippen molar-refractivity contribution in [2.75, 3.05) is 34.3 Å². The molecule has 1 rings (SSSR count). The molecule has 0 unspecified atom stereocenters. The lowest BCUT2D eigenvalue weighted by atomic mass is 10.2. The number of hydrogen-bond acceptors (Lipinski definition) is 3. The molecule has 0 saturated carbocycles. The van der Waals surface area contributed by atoms with Crippen molar-refractivity contribution in [2.24, 2.45) is 0 Å². The smallest absolute Gasteiger partial charge is 0.123 e. The molecule has 19 heavy (non-hydrogen) atoms. The Balaban J connectivity index is 0. The van der Waals surface area contributed by atoms with Gasteiger partial charge in [-0.25, -0.2) is 0 Å². The van der Waals surface area contributed by atoms with Crippen LogP contribution in [-0.4, -0.2) is 39.2 Å². The number of benzene rings is 1. The first kappa shape index (κ1) is 21.1. The van der Waals surface area contributed by atoms with E-state index in [9.17, 15) is 0 Å². The van der Waals surface area contributed by atoms with Gasteiger partial charge in [0.05, 0.1) is 7.11 Å². The fraction of sp³-hybridized carbons (Fsp3) is 0.538. The largest absolute Gasteiger partial charge is 0.496 e. The van der Waals surface area contributed by atoms with Gasteiger partial charge < -0.3 is 15.0 Å². The molecule has 0 fully saturated rings. The molecule has 0 radical (unpaired) electrons. The Morgan fingerprint density at radius 3 is 2.53 bits per heavy atom. The minimum Gasteiger partial charge on any atom is -0.496 e. The summed E-state index contributed by atoms with van der Waals surface area (Å²) in [4.78, 5) is 2.18. The first-order chi connectivity index (χ1) is 8.13. The second kappa shape index (κ2) is 11.6. The van der Waals surface area contributed by atoms with Gasteiger partial charge in [-0.05, 0) is 51.8 Å². The average molecular weight is 330 g/mol. The second-order valence-corrected chi connectivity index (χ2v) is 4.73. The summed E-state index contributed by atoms with van der Waals surface area (Å²) in [6, 6.07) is 5.69. The lowest BCUT2D eigenvalue weighted by molar-refractivity contribution is 0.391. The molecule has 1 aromatic rings. The Morgan fingerprint density at radius 2 is 1.95 bits per heavy atom. The predicted octanol–water partition coefficient (Wildman–Crippen LogP) is 3.23. The third kappa shape index (κ3) is 8.56. The molecule has 112 valence electrons. The fourth-order valence-electron chi connectivity index (χ4n) is 1.63. The van der Waals surface area contributed by atoms with E-state index in [0.29, 0.717) is 0 Å². The molecule has 0 saturated heterocycles. The zero-order valence-electron chi connectivity index (χ0n) is 11.6. The van der Waals surface area contributed by atoms with Crippen LogP contribution in [0.5, 0.6) is 5.75 Å². The first-order valence-corrected chi connectivity index (χ1v) is 6.19. The highest BCUT2D eigenvalue weighted by Gasteiger charge is 2.03. The summed E-state index contributed by atoms with van der Waals surface area (Å²) in [7, 11) is 5.85. The quantitative estimate of drug-likeness (QED) is 0.777. The molecular weight excluding hydrogens is 307 g/mol. The van der Waals surface area contributed by atoms with Gasteiger partial charge in [-0.15, -0.1) is 24.8 Å². The van der Waals surface area contributed by atoms with Crippen molar-refractivity contribution in [3.8, 4) is 5.75 Å². The summed E-state index contributed by atoms with van der Waals surface area (Å²) in [5, 5.41) is 4.14. The number of hydrogen-bond donors (Lipinski definition) is 1. The zero-order valence-corrected chi connectivity index (χ0v) is 14.0. The number of nitrogens with one attached hydrogen (secondary N) is 1. The van der Waals surface area contributed by atoms with Crippen LogP contribution < -0.4 is 10.1 Å². The Labute approximate surface area is 133 Å². The van der Waals surface area contributed by atoms with Crippen LogP contribution in [0.4, 0.5) is 0 Å². The Morgan fingerprint density at radius 1 is 1.26 bits per heavy atom. The standard InChI is InChI=1S/C13H21ClN2O.2ClH/c1-16(2)8-4-7-15-10-11-9-12(14)5-6-13(11)17-3;;/h5-6,9,15H,4,7-8,10H2,1-3H3;2*1H. The summed E-state index contributed by atoms with van der Waals surface area (Å²) >= 11 is 5.97. The molecule has 0 atom stereocenters. The highest BCUT2D eigenvalue weighted by atomic mass is 35.5. The van der Waals surface area contributed by atoms with Crippen LogP contribution in [0.1, 0.15) is 12.0 Å². The first-order valence-electron chi connectivity index (χ1n) is 5.81. The Bertz CT molecular complexity index is 349. The van der Waals surface area contributed by atoms with Crippen LogP contribution in [0.3, 0.4) is 0 Å². The molecule has 0 bridgehead atoms. The van der Waals surface area contributed by atoms with Crippen molar-refractivity contribution in [3.05, 3.63) is 28.8 Å². The maximum atomic E-state index is 5.97. The maximum absolute atomic E-state index is 5.97. The highest BCUT2D eigenvalue weighted by Crippen LogP contribution is 2.22. The van der Waals surface area contributed by atoms with E-state index in [0.717, 1.165) is 42.4 Å². The van der Waals surface area contributed by atoms with Gasteiger partial charge in [0.25, 0.3) is 0 Å². The average Bonchev–Trinajstić information content (AvgIpc) is 2.28. The van der Waals surface area contributed by atoms with Crippen molar-refractivity contribution in [3.63, 3.8) is 0 Å². The molecule has 1 aromatic carbocycles. The van der Waals surface area contributed by atoms with Gasteiger partial charge in [-0.2, -0.15) is 0 Å². The zero-order chi connectivity index (χ0) is 12.7. The molecule has 0 aromatic heterocycles. The third-order valence-corrected chi connectivity index (χ3v) is 2.75. The minimum absolute atomic E-state index is 0. The van der Waals surface area contributed by atoms with Crippen LogP contribution in [0.15, 0.2) is 18.2 Å². The van der Waals surface area contributed by atoms with Gasteiger partial charge in [0, 0.05) is 17.1 Å². The van der Waals surface area contributed by atoms with Crippen molar-refractivity contribution in [1.82, 2.24) is 10.2 Å². The second-order valence-electron chi connectivity index (χ2n) is 4.29. The van der Waals surface area contributed by atoms with E-state index in [-0.39, 0.29) is 24.8 Å². The molecular formula is C13H23Cl3N2O. The predicted molar refractivity (Wildman–Crippen MR) is 87.4 cm³/mol. The lowest BCUT2D eigenvalue weighted by Crippen LogP contribution is -2.21. The highest BCUT2D eigenvalue weighted by molar-refractivity contribution is 6.30. The van der Waals surface area contributed by atoms with E-state index < -0.39 is 0 Å². The molecule has 1 N–H and O–H groups in total. The minimum atomic E-state index is 0. The van der Waals surface area contributed by atoms with Crippen LogP contribution in [-0.2, 0) is 6.54 Å². The van der Waals surface area contributed by atoms with E-state index >= 15 is 0 Å². The van der Waals surface area contributed by atoms with E-state index in [4.69, 9.17) is 16.3 Å². The van der Waals surface area contributed by atoms with Crippen LogP contribution >= 0.6 is 36.4 Å². The van der Waals surface area contributed by atoms with E-state index in [2.05, 4.69) is 24.3 Å². The molecule has 0 spiro atoms. The normalized spacial score (nSPS) is 9.74. The van der Waals surface area contributed by atoms with E-state index in [1.54, 1.807) is 7.11 Å². The van der Waals surface area contributed by atoms with Gasteiger partial charge in [0.2, 0.25) is 0 Å². The Hall–Kier alpha value is -0.190. The monoisotopic (exact) mass is 328 g/mol. The topological polar surface area (TPSA) is 24.5 Å². The van der Waals surface area contributed by atoms with Crippen molar-refractivity contribution < 1.29 is 4.74 Å². The number of nitrogens with zero attached hydrogens (tertiary/aromatic N) is 1. The number of ether oxygens (including phenoxy) is 1. The van der Waals surface area contributed by atoms with Crippen LogP contribution in [0.2, 0.25) is 5.02 Å². The van der Waals surface area contributed by atoms with Gasteiger partial charge in [0.1, 0.15) is 5.75 Å². The molecule has 0 aliphatic carbocycles. The summed E-state index contributed by atoms with van der Waals surface area (Å²) in [5.74, 6) is 0.884. The summed E-state index contributed by atoms with van der Waals surface area (Å²) < 4.78 is 5.29. The van der Waals surface area contributed by atoms with Gasteiger partial charge >= 0.3 is 0 Å². The molecule has 0 aliphatic heterocycles. The maximum Gasteiger partial charge on any atom is 0.123 e. The lowest BCUT2D eigenvalue weighted by Gasteiger charge is -2.12. The van der Waals surface area contributed by atoms with E-state index in [1.807, 2.05) is 18.2 Å². The van der Waals surface area contributed by atoms with E-state index in [1.165, 1.54) is 0 Å². The van der Waals surface area contributed by atoms with Gasteiger partial charge in [-0.1, -0.05) is 11.6 Å².